The van der Waals surface area contributed by atoms with E-state index in [1.54, 1.807) is 0 Å². The molecule has 82 valence electrons. The van der Waals surface area contributed by atoms with Gasteiger partial charge in [-0.3, -0.25) is 4.79 Å². The van der Waals surface area contributed by atoms with Gasteiger partial charge in [-0.1, -0.05) is 6.92 Å². The van der Waals surface area contributed by atoms with Crippen LogP contribution in [0, 0.1) is 10.8 Å². The van der Waals surface area contributed by atoms with E-state index in [1.807, 2.05) is 6.92 Å². The van der Waals surface area contributed by atoms with Crippen LogP contribution in [-0.4, -0.2) is 19.6 Å². The zero-order valence-electron chi connectivity index (χ0n) is 9.43. The summed E-state index contributed by atoms with van der Waals surface area (Å²) in [7, 11) is 1.46. The molecule has 0 bridgehead atoms. The fraction of sp³-hybridized carbons (Fsp3) is 0.909. The maximum absolute atomic E-state index is 11.5. The minimum Gasteiger partial charge on any atom is -0.469 e. The van der Waals surface area contributed by atoms with E-state index >= 15 is 0 Å². The first-order valence-corrected chi connectivity index (χ1v) is 5.24. The Hall–Kier alpha value is -0.570. The number of methoxy groups -OCH3 is 1. The van der Waals surface area contributed by atoms with Crippen molar-refractivity contribution in [1.29, 1.82) is 0 Å². The molecule has 0 heterocycles. The van der Waals surface area contributed by atoms with E-state index in [9.17, 15) is 4.79 Å². The molecule has 0 aromatic carbocycles. The molecule has 0 aromatic rings. The predicted octanol–water partition coefficient (Wildman–Crippen LogP) is 1.70. The molecule has 0 aliphatic heterocycles. The first-order valence-electron chi connectivity index (χ1n) is 5.24. The number of hydrogen-bond acceptors (Lipinski definition) is 3. The van der Waals surface area contributed by atoms with Crippen molar-refractivity contribution >= 4 is 5.97 Å². The van der Waals surface area contributed by atoms with Gasteiger partial charge in [0.15, 0.2) is 0 Å². The van der Waals surface area contributed by atoms with Gasteiger partial charge in [-0.25, -0.2) is 0 Å². The molecule has 14 heavy (non-hydrogen) atoms. The van der Waals surface area contributed by atoms with Crippen LogP contribution in [0.1, 0.15) is 39.5 Å². The fourth-order valence-electron chi connectivity index (χ4n) is 2.06. The van der Waals surface area contributed by atoms with E-state index in [0.29, 0.717) is 6.54 Å². The number of esters is 1. The topological polar surface area (TPSA) is 52.3 Å². The van der Waals surface area contributed by atoms with Crippen molar-refractivity contribution in [3.05, 3.63) is 0 Å². The molecular formula is C11H21NO2. The molecule has 0 amide bonds. The number of carbonyl (C=O) groups excluding carboxylic acids is 1. The zero-order chi connectivity index (χ0) is 10.8. The van der Waals surface area contributed by atoms with E-state index in [4.69, 9.17) is 10.5 Å². The molecule has 1 aliphatic carbocycles. The third-order valence-corrected chi connectivity index (χ3v) is 3.73. The molecule has 0 radical (unpaired) electrons. The van der Waals surface area contributed by atoms with E-state index in [-0.39, 0.29) is 16.8 Å². The van der Waals surface area contributed by atoms with Gasteiger partial charge in [0.2, 0.25) is 0 Å². The lowest BCUT2D eigenvalue weighted by Gasteiger charge is -2.40. The van der Waals surface area contributed by atoms with Crippen LogP contribution in [-0.2, 0) is 9.53 Å². The third-order valence-electron chi connectivity index (χ3n) is 3.73. The highest BCUT2D eigenvalue weighted by atomic mass is 16.5. The summed E-state index contributed by atoms with van der Waals surface area (Å²) >= 11 is 0. The highest BCUT2D eigenvalue weighted by Crippen LogP contribution is 2.45. The molecule has 0 aromatic heterocycles. The van der Waals surface area contributed by atoms with Gasteiger partial charge in [0.05, 0.1) is 12.5 Å². The summed E-state index contributed by atoms with van der Waals surface area (Å²) in [6.45, 7) is 4.91. The first kappa shape index (κ1) is 11.5. The van der Waals surface area contributed by atoms with Crippen molar-refractivity contribution in [1.82, 2.24) is 0 Å². The molecule has 0 spiro atoms. The van der Waals surface area contributed by atoms with Crippen molar-refractivity contribution in [2.24, 2.45) is 16.6 Å². The zero-order valence-corrected chi connectivity index (χ0v) is 9.43. The van der Waals surface area contributed by atoms with Crippen LogP contribution in [0.25, 0.3) is 0 Å². The van der Waals surface area contributed by atoms with E-state index in [2.05, 4.69) is 6.92 Å². The molecule has 0 unspecified atom stereocenters. The summed E-state index contributed by atoms with van der Waals surface area (Å²) in [5, 5.41) is 0. The molecule has 3 heteroatoms. The fourth-order valence-corrected chi connectivity index (χ4v) is 2.06. The first-order chi connectivity index (χ1) is 6.46. The minimum atomic E-state index is -0.274. The van der Waals surface area contributed by atoms with Gasteiger partial charge < -0.3 is 10.5 Å². The van der Waals surface area contributed by atoms with E-state index in [0.717, 1.165) is 25.7 Å². The maximum Gasteiger partial charge on any atom is 0.311 e. The lowest BCUT2D eigenvalue weighted by Crippen LogP contribution is -2.40. The van der Waals surface area contributed by atoms with Gasteiger partial charge in [0.25, 0.3) is 0 Å². The molecule has 3 nitrogen and oxygen atoms in total. The van der Waals surface area contributed by atoms with Crippen LogP contribution in [0.15, 0.2) is 0 Å². The number of hydrogen-bond donors (Lipinski definition) is 1. The quantitative estimate of drug-likeness (QED) is 0.689. The summed E-state index contributed by atoms with van der Waals surface area (Å²) in [5.74, 6) is -0.0726. The smallest absolute Gasteiger partial charge is 0.311 e. The Kier molecular flexibility index (Phi) is 3.20. The monoisotopic (exact) mass is 199 g/mol. The number of rotatable bonds is 2. The molecule has 2 N–H and O–H groups in total. The summed E-state index contributed by atoms with van der Waals surface area (Å²) in [5.41, 5.74) is 5.67. The van der Waals surface area contributed by atoms with Crippen LogP contribution in [0.4, 0.5) is 0 Å². The normalized spacial score (nSPS) is 38.0. The SMILES string of the molecule is COC(=O)C1(C)CCC(C)(CN)CC1. The number of nitrogens with two attached hydrogens (primary N) is 1. The number of ether oxygens (including phenoxy) is 1. The van der Waals surface area contributed by atoms with Gasteiger partial charge >= 0.3 is 5.97 Å². The van der Waals surface area contributed by atoms with Crippen LogP contribution >= 0.6 is 0 Å². The molecular weight excluding hydrogens is 178 g/mol. The van der Waals surface area contributed by atoms with Gasteiger partial charge in [-0.15, -0.1) is 0 Å². The Bertz CT molecular complexity index is 217. The average molecular weight is 199 g/mol. The standard InChI is InChI=1S/C11H21NO2/c1-10(8-12)4-6-11(2,7-5-10)9(13)14-3/h4-8,12H2,1-3H3. The van der Waals surface area contributed by atoms with Crippen molar-refractivity contribution in [3.63, 3.8) is 0 Å². The molecule has 0 saturated heterocycles. The van der Waals surface area contributed by atoms with Crippen LogP contribution in [0.3, 0.4) is 0 Å². The highest BCUT2D eigenvalue weighted by molar-refractivity contribution is 5.76. The van der Waals surface area contributed by atoms with Gasteiger partial charge in [-0.2, -0.15) is 0 Å². The van der Waals surface area contributed by atoms with Gasteiger partial charge in [0.1, 0.15) is 0 Å². The Balaban J connectivity index is 2.61. The number of carbonyl (C=O) groups is 1. The predicted molar refractivity (Wildman–Crippen MR) is 55.8 cm³/mol. The van der Waals surface area contributed by atoms with E-state index in [1.165, 1.54) is 7.11 Å². The lowest BCUT2D eigenvalue weighted by atomic mass is 9.65. The summed E-state index contributed by atoms with van der Waals surface area (Å²) in [6.07, 6.45) is 3.84. The maximum atomic E-state index is 11.5. The van der Waals surface area contributed by atoms with Gasteiger partial charge in [0, 0.05) is 0 Å². The molecule has 1 saturated carbocycles. The molecule has 1 fully saturated rings. The Labute approximate surface area is 86.0 Å². The average Bonchev–Trinajstić information content (AvgIpc) is 2.22. The Morgan fingerprint density at radius 1 is 1.29 bits per heavy atom. The van der Waals surface area contributed by atoms with Crippen LogP contribution < -0.4 is 5.73 Å². The second-order valence-electron chi connectivity index (χ2n) is 5.07. The third kappa shape index (κ3) is 2.08. The lowest BCUT2D eigenvalue weighted by molar-refractivity contribution is -0.155. The summed E-state index contributed by atoms with van der Waals surface area (Å²) in [6, 6.07) is 0. The molecule has 0 atom stereocenters. The Morgan fingerprint density at radius 2 is 1.79 bits per heavy atom. The van der Waals surface area contributed by atoms with Gasteiger partial charge in [-0.05, 0) is 44.6 Å². The largest absolute Gasteiger partial charge is 0.469 e. The van der Waals surface area contributed by atoms with Crippen molar-refractivity contribution in [2.45, 2.75) is 39.5 Å². The second-order valence-corrected chi connectivity index (χ2v) is 5.07. The van der Waals surface area contributed by atoms with Crippen LogP contribution in [0.2, 0.25) is 0 Å². The van der Waals surface area contributed by atoms with E-state index < -0.39 is 0 Å². The summed E-state index contributed by atoms with van der Waals surface area (Å²) < 4.78 is 4.82. The highest BCUT2D eigenvalue weighted by Gasteiger charge is 2.42. The minimum absolute atomic E-state index is 0.0726. The molecule has 1 aliphatic rings. The van der Waals surface area contributed by atoms with Crippen molar-refractivity contribution in [3.8, 4) is 0 Å². The van der Waals surface area contributed by atoms with Crippen LogP contribution in [0.5, 0.6) is 0 Å². The summed E-state index contributed by atoms with van der Waals surface area (Å²) in [4.78, 5) is 11.5. The van der Waals surface area contributed by atoms with Crippen molar-refractivity contribution < 1.29 is 9.53 Å². The second kappa shape index (κ2) is 3.89. The molecule has 1 rings (SSSR count). The van der Waals surface area contributed by atoms with Crippen molar-refractivity contribution in [2.75, 3.05) is 13.7 Å². The Morgan fingerprint density at radius 3 is 2.14 bits per heavy atom.